The number of nitrogens with one attached hydrogen (secondary N) is 1. The van der Waals surface area contributed by atoms with Crippen LogP contribution in [0.25, 0.3) is 5.69 Å². The van der Waals surface area contributed by atoms with Gasteiger partial charge in [-0.15, -0.1) is 0 Å². The lowest BCUT2D eigenvalue weighted by Gasteiger charge is -2.14. The third-order valence-electron chi connectivity index (χ3n) is 3.78. The summed E-state index contributed by atoms with van der Waals surface area (Å²) in [6, 6.07) is 6.66. The largest absolute Gasteiger partial charge is 0.480 e. The fourth-order valence-corrected chi connectivity index (χ4v) is 2.64. The lowest BCUT2D eigenvalue weighted by atomic mass is 10.1. The molecule has 0 spiro atoms. The van der Waals surface area contributed by atoms with Crippen molar-refractivity contribution >= 4 is 27.8 Å². The highest BCUT2D eigenvalue weighted by molar-refractivity contribution is 9.10. The van der Waals surface area contributed by atoms with Crippen molar-refractivity contribution in [2.75, 3.05) is 0 Å². The summed E-state index contributed by atoms with van der Waals surface area (Å²) >= 11 is 3.38. The maximum Gasteiger partial charge on any atom is 0.326 e. The first kappa shape index (κ1) is 18.2. The van der Waals surface area contributed by atoms with E-state index in [0.29, 0.717) is 17.7 Å². The summed E-state index contributed by atoms with van der Waals surface area (Å²) in [5.74, 6) is -1.44. The molecule has 0 saturated carbocycles. The van der Waals surface area contributed by atoms with E-state index >= 15 is 0 Å². The zero-order valence-corrected chi connectivity index (χ0v) is 15.2. The molecule has 0 aliphatic carbocycles. The second-order valence-corrected chi connectivity index (χ2v) is 6.45. The van der Waals surface area contributed by atoms with Crippen LogP contribution in [0.5, 0.6) is 0 Å². The van der Waals surface area contributed by atoms with Crippen LogP contribution in [0.4, 0.5) is 0 Å². The Morgan fingerprint density at radius 1 is 1.33 bits per heavy atom. The van der Waals surface area contributed by atoms with Crippen molar-refractivity contribution < 1.29 is 14.7 Å². The van der Waals surface area contributed by atoms with E-state index in [4.69, 9.17) is 0 Å². The number of carbonyl (C=O) groups is 2. The van der Waals surface area contributed by atoms with Crippen molar-refractivity contribution in [2.24, 2.45) is 0 Å². The molecule has 0 bridgehead atoms. The summed E-state index contributed by atoms with van der Waals surface area (Å²) in [6.45, 7) is 3.76. The van der Waals surface area contributed by atoms with Crippen LogP contribution in [-0.2, 0) is 4.79 Å². The Morgan fingerprint density at radius 2 is 2.00 bits per heavy atom. The molecule has 1 heterocycles. The Bertz CT molecular complexity index is 725. The molecule has 0 aliphatic heterocycles. The summed E-state index contributed by atoms with van der Waals surface area (Å²) in [5, 5.41) is 16.1. The Morgan fingerprint density at radius 3 is 2.58 bits per heavy atom. The van der Waals surface area contributed by atoms with Gasteiger partial charge in [-0.25, -0.2) is 9.48 Å². The second kappa shape index (κ2) is 8.10. The number of benzene rings is 1. The molecular weight excluding hydrogens is 374 g/mol. The zero-order chi connectivity index (χ0) is 17.7. The highest BCUT2D eigenvalue weighted by atomic mass is 79.9. The quantitative estimate of drug-likeness (QED) is 0.755. The first-order valence-corrected chi connectivity index (χ1v) is 8.57. The smallest absolute Gasteiger partial charge is 0.326 e. The molecule has 6 nitrogen and oxygen atoms in total. The zero-order valence-electron chi connectivity index (χ0n) is 13.6. The minimum atomic E-state index is -1.02. The molecule has 1 atom stereocenters. The highest BCUT2D eigenvalue weighted by Gasteiger charge is 2.22. The fraction of sp³-hybridized carbons (Fsp3) is 0.353. The van der Waals surface area contributed by atoms with Gasteiger partial charge in [0, 0.05) is 4.47 Å². The van der Waals surface area contributed by atoms with Crippen molar-refractivity contribution in [3.8, 4) is 5.69 Å². The van der Waals surface area contributed by atoms with Crippen LogP contribution in [0.1, 0.15) is 42.2 Å². The van der Waals surface area contributed by atoms with Gasteiger partial charge in [0.2, 0.25) is 0 Å². The standard InChI is InChI=1S/C17H20BrN3O3/c1-3-4-5-15(17(23)24)20-16(22)14-10-19-21(11(14)2)13-8-6-12(18)7-9-13/h6-10,15H,3-5H2,1-2H3,(H,20,22)(H,23,24). The van der Waals surface area contributed by atoms with Crippen molar-refractivity contribution in [3.63, 3.8) is 0 Å². The molecule has 1 unspecified atom stereocenters. The number of carboxylic acid groups (broad SMARTS) is 1. The summed E-state index contributed by atoms with van der Waals surface area (Å²) in [7, 11) is 0. The van der Waals surface area contributed by atoms with Crippen LogP contribution in [0.2, 0.25) is 0 Å². The summed E-state index contributed by atoms with van der Waals surface area (Å²) in [6.07, 6.45) is 3.50. The van der Waals surface area contributed by atoms with Crippen molar-refractivity contribution in [1.29, 1.82) is 0 Å². The molecule has 1 amide bonds. The van der Waals surface area contributed by atoms with Crippen LogP contribution in [0, 0.1) is 6.92 Å². The molecule has 2 aromatic rings. The van der Waals surface area contributed by atoms with Crippen LogP contribution in [-0.4, -0.2) is 32.8 Å². The Balaban J connectivity index is 2.18. The van der Waals surface area contributed by atoms with E-state index in [2.05, 4.69) is 26.3 Å². The van der Waals surface area contributed by atoms with Gasteiger partial charge < -0.3 is 10.4 Å². The number of carboxylic acids is 1. The number of aliphatic carboxylic acids is 1. The molecule has 24 heavy (non-hydrogen) atoms. The third-order valence-corrected chi connectivity index (χ3v) is 4.30. The van der Waals surface area contributed by atoms with Gasteiger partial charge >= 0.3 is 5.97 Å². The molecule has 1 aromatic heterocycles. The van der Waals surface area contributed by atoms with Gasteiger partial charge in [-0.3, -0.25) is 4.79 Å². The molecule has 0 fully saturated rings. The maximum atomic E-state index is 12.4. The number of rotatable bonds is 7. The lowest BCUT2D eigenvalue weighted by Crippen LogP contribution is -2.40. The molecule has 128 valence electrons. The van der Waals surface area contributed by atoms with Crippen LogP contribution < -0.4 is 5.32 Å². The first-order valence-electron chi connectivity index (χ1n) is 7.78. The predicted molar refractivity (Wildman–Crippen MR) is 94.4 cm³/mol. The van der Waals surface area contributed by atoms with Gasteiger partial charge in [0.1, 0.15) is 6.04 Å². The minimum Gasteiger partial charge on any atom is -0.480 e. The van der Waals surface area contributed by atoms with E-state index in [-0.39, 0.29) is 0 Å². The summed E-state index contributed by atoms with van der Waals surface area (Å²) in [4.78, 5) is 23.7. The molecule has 0 aliphatic rings. The number of hydrogen-bond acceptors (Lipinski definition) is 3. The normalized spacial score (nSPS) is 12.0. The van der Waals surface area contributed by atoms with E-state index in [0.717, 1.165) is 23.0 Å². The van der Waals surface area contributed by atoms with Gasteiger partial charge in [0.15, 0.2) is 0 Å². The SMILES string of the molecule is CCCCC(NC(=O)c1cnn(-c2ccc(Br)cc2)c1C)C(=O)O. The molecule has 0 saturated heterocycles. The number of halogens is 1. The van der Waals surface area contributed by atoms with Crippen molar-refractivity contribution in [2.45, 2.75) is 39.2 Å². The molecule has 2 N–H and O–H groups in total. The molecule has 0 radical (unpaired) electrons. The average molecular weight is 394 g/mol. The number of amides is 1. The molecule has 2 rings (SSSR count). The van der Waals surface area contributed by atoms with E-state index in [1.165, 1.54) is 6.20 Å². The van der Waals surface area contributed by atoms with Crippen LogP contribution in [0.15, 0.2) is 34.9 Å². The first-order chi connectivity index (χ1) is 11.4. The lowest BCUT2D eigenvalue weighted by molar-refractivity contribution is -0.139. The van der Waals surface area contributed by atoms with Gasteiger partial charge in [-0.2, -0.15) is 5.10 Å². The Hall–Kier alpha value is -2.15. The van der Waals surface area contributed by atoms with Gasteiger partial charge in [-0.05, 0) is 37.6 Å². The monoisotopic (exact) mass is 393 g/mol. The summed E-state index contributed by atoms with van der Waals surface area (Å²) in [5.41, 5.74) is 1.87. The van der Waals surface area contributed by atoms with E-state index in [1.807, 2.05) is 31.2 Å². The minimum absolute atomic E-state index is 0.376. The van der Waals surface area contributed by atoms with E-state index < -0.39 is 17.9 Å². The van der Waals surface area contributed by atoms with Crippen molar-refractivity contribution in [3.05, 3.63) is 46.2 Å². The van der Waals surface area contributed by atoms with Gasteiger partial charge in [0.05, 0.1) is 23.1 Å². The van der Waals surface area contributed by atoms with Crippen LogP contribution >= 0.6 is 15.9 Å². The van der Waals surface area contributed by atoms with Crippen LogP contribution in [0.3, 0.4) is 0 Å². The topological polar surface area (TPSA) is 84.2 Å². The van der Waals surface area contributed by atoms with E-state index in [1.54, 1.807) is 11.6 Å². The predicted octanol–water partition coefficient (Wildman–Crippen LogP) is 3.32. The fourth-order valence-electron chi connectivity index (χ4n) is 2.38. The van der Waals surface area contributed by atoms with E-state index in [9.17, 15) is 14.7 Å². The number of aromatic nitrogens is 2. The highest BCUT2D eigenvalue weighted by Crippen LogP contribution is 2.17. The van der Waals surface area contributed by atoms with Gasteiger partial charge in [0.25, 0.3) is 5.91 Å². The summed E-state index contributed by atoms with van der Waals surface area (Å²) < 4.78 is 2.61. The molecule has 7 heteroatoms. The number of carbonyl (C=O) groups excluding carboxylic acids is 1. The molecule has 1 aromatic carbocycles. The maximum absolute atomic E-state index is 12.4. The second-order valence-electron chi connectivity index (χ2n) is 5.54. The average Bonchev–Trinajstić information content (AvgIpc) is 2.93. The molecular formula is C17H20BrN3O3. The number of hydrogen-bond donors (Lipinski definition) is 2. The Kier molecular flexibility index (Phi) is 6.14. The number of nitrogens with zero attached hydrogens (tertiary/aromatic N) is 2. The Labute approximate surface area is 149 Å². The van der Waals surface area contributed by atoms with Crippen molar-refractivity contribution in [1.82, 2.24) is 15.1 Å². The third kappa shape index (κ3) is 4.23. The van der Waals surface area contributed by atoms with Gasteiger partial charge in [-0.1, -0.05) is 35.7 Å². The number of unbranched alkanes of at least 4 members (excludes halogenated alkanes) is 1.